The van der Waals surface area contributed by atoms with Crippen molar-refractivity contribution in [3.8, 4) is 12.1 Å². The third-order valence-corrected chi connectivity index (χ3v) is 3.56. The molecule has 2 heterocycles. The number of nitriles is 2. The summed E-state index contributed by atoms with van der Waals surface area (Å²) in [5.41, 5.74) is 0.330. The smallest absolute Gasteiger partial charge is 0.246 e. The van der Waals surface area contributed by atoms with Gasteiger partial charge in [0.2, 0.25) is 5.89 Å². The highest BCUT2D eigenvalue weighted by atomic mass is 16.5. The number of hydrogen-bond acceptors (Lipinski definition) is 6. The Kier molecular flexibility index (Phi) is 3.18. The summed E-state index contributed by atoms with van der Waals surface area (Å²) in [5, 5.41) is 21.9. The monoisotopic (exact) mass is 268 g/mol. The fourth-order valence-electron chi connectivity index (χ4n) is 2.53. The molecule has 3 rings (SSSR count). The van der Waals surface area contributed by atoms with E-state index in [1.165, 1.54) is 19.2 Å². The Morgan fingerprint density at radius 2 is 2.10 bits per heavy atom. The molecule has 2 aromatic heterocycles. The van der Waals surface area contributed by atoms with Crippen molar-refractivity contribution in [1.82, 2.24) is 19.7 Å². The van der Waals surface area contributed by atoms with Gasteiger partial charge in [0.05, 0.1) is 6.33 Å². The van der Waals surface area contributed by atoms with Gasteiger partial charge < -0.3 is 9.09 Å². The van der Waals surface area contributed by atoms with E-state index in [2.05, 4.69) is 15.1 Å². The van der Waals surface area contributed by atoms with Gasteiger partial charge in [0.25, 0.3) is 0 Å². The number of nitrogens with zero attached hydrogens (tertiary/aromatic N) is 6. The fraction of sp³-hybridized carbons (Fsp3) is 0.462. The summed E-state index contributed by atoms with van der Waals surface area (Å²) in [6.07, 6.45) is 6.06. The van der Waals surface area contributed by atoms with E-state index in [1.54, 1.807) is 4.57 Å². The molecule has 7 heteroatoms. The molecule has 0 bridgehead atoms. The van der Waals surface area contributed by atoms with Crippen molar-refractivity contribution in [2.24, 2.45) is 0 Å². The predicted molar refractivity (Wildman–Crippen MR) is 66.3 cm³/mol. The Morgan fingerprint density at radius 3 is 2.80 bits per heavy atom. The minimum absolute atomic E-state index is 0.114. The molecule has 0 N–H and O–H groups in total. The lowest BCUT2D eigenvalue weighted by Crippen LogP contribution is -2.02. The van der Waals surface area contributed by atoms with E-state index >= 15 is 0 Å². The molecule has 0 unspecified atom stereocenters. The fourth-order valence-corrected chi connectivity index (χ4v) is 2.53. The van der Waals surface area contributed by atoms with Crippen molar-refractivity contribution in [1.29, 1.82) is 10.5 Å². The first kappa shape index (κ1) is 12.4. The molecule has 0 saturated heterocycles. The molecule has 1 saturated carbocycles. The third-order valence-electron chi connectivity index (χ3n) is 3.56. The SMILES string of the molecule is N#Cc1ncn(Cc2nc(C3CCCC3)no2)c1C#N. The van der Waals surface area contributed by atoms with E-state index in [-0.39, 0.29) is 17.9 Å². The summed E-state index contributed by atoms with van der Waals surface area (Å²) in [5.74, 6) is 1.57. The normalized spacial score (nSPS) is 15.1. The van der Waals surface area contributed by atoms with Crippen molar-refractivity contribution < 1.29 is 4.52 Å². The predicted octanol–water partition coefficient (Wildman–Crippen LogP) is 1.72. The Labute approximate surface area is 115 Å². The van der Waals surface area contributed by atoms with Crippen molar-refractivity contribution in [3.63, 3.8) is 0 Å². The molecule has 7 nitrogen and oxygen atoms in total. The van der Waals surface area contributed by atoms with Gasteiger partial charge in [0.15, 0.2) is 17.2 Å². The highest BCUT2D eigenvalue weighted by molar-refractivity contribution is 5.36. The van der Waals surface area contributed by atoms with Crippen LogP contribution in [0.2, 0.25) is 0 Å². The Hall–Kier alpha value is -2.67. The average Bonchev–Trinajstić information content (AvgIpc) is 3.19. The van der Waals surface area contributed by atoms with Crippen LogP contribution in [0.4, 0.5) is 0 Å². The van der Waals surface area contributed by atoms with Crippen LogP contribution in [-0.2, 0) is 6.54 Å². The summed E-state index contributed by atoms with van der Waals surface area (Å²) < 4.78 is 6.77. The van der Waals surface area contributed by atoms with Crippen LogP contribution in [-0.4, -0.2) is 19.7 Å². The molecule has 0 atom stereocenters. The van der Waals surface area contributed by atoms with Crippen LogP contribution in [0.1, 0.15) is 54.7 Å². The van der Waals surface area contributed by atoms with E-state index in [1.807, 2.05) is 12.1 Å². The summed E-state index contributed by atoms with van der Waals surface area (Å²) in [6, 6.07) is 3.85. The number of rotatable bonds is 3. The van der Waals surface area contributed by atoms with Crippen molar-refractivity contribution in [2.75, 3.05) is 0 Å². The molecular weight excluding hydrogens is 256 g/mol. The summed E-state index contributed by atoms with van der Waals surface area (Å²) >= 11 is 0. The number of imidazole rings is 1. The van der Waals surface area contributed by atoms with Crippen molar-refractivity contribution in [3.05, 3.63) is 29.4 Å². The second-order valence-electron chi connectivity index (χ2n) is 4.82. The topological polar surface area (TPSA) is 104 Å². The molecule has 0 aliphatic heterocycles. The van der Waals surface area contributed by atoms with Gasteiger partial charge in [-0.25, -0.2) is 4.98 Å². The molecule has 1 aliphatic carbocycles. The number of aromatic nitrogens is 4. The first-order chi connectivity index (χ1) is 9.81. The third kappa shape index (κ3) is 2.14. The first-order valence-electron chi connectivity index (χ1n) is 6.49. The van der Waals surface area contributed by atoms with Gasteiger partial charge in [0, 0.05) is 5.92 Å². The van der Waals surface area contributed by atoms with E-state index < -0.39 is 0 Å². The lowest BCUT2D eigenvalue weighted by Gasteiger charge is -2.00. The second kappa shape index (κ2) is 5.14. The maximum atomic E-state index is 9.05. The molecule has 1 aliphatic rings. The van der Waals surface area contributed by atoms with Crippen molar-refractivity contribution >= 4 is 0 Å². The van der Waals surface area contributed by atoms with E-state index in [9.17, 15) is 0 Å². The molecule has 0 amide bonds. The van der Waals surface area contributed by atoms with Crippen LogP contribution in [0, 0.1) is 22.7 Å². The van der Waals surface area contributed by atoms with Crippen LogP contribution in [0.15, 0.2) is 10.9 Å². The van der Waals surface area contributed by atoms with Gasteiger partial charge in [-0.15, -0.1) is 0 Å². The molecule has 1 fully saturated rings. The summed E-state index contributed by atoms with van der Waals surface area (Å²) in [6.45, 7) is 0.261. The average molecular weight is 268 g/mol. The van der Waals surface area contributed by atoms with Crippen LogP contribution < -0.4 is 0 Å². The summed E-state index contributed by atoms with van der Waals surface area (Å²) in [7, 11) is 0. The molecule has 0 aromatic carbocycles. The van der Waals surface area contributed by atoms with Crippen LogP contribution in [0.5, 0.6) is 0 Å². The quantitative estimate of drug-likeness (QED) is 0.839. The highest BCUT2D eigenvalue weighted by Gasteiger charge is 2.22. The molecule has 20 heavy (non-hydrogen) atoms. The lowest BCUT2D eigenvalue weighted by atomic mass is 10.1. The zero-order chi connectivity index (χ0) is 13.9. The van der Waals surface area contributed by atoms with E-state index in [0.717, 1.165) is 18.7 Å². The Bertz CT molecular complexity index is 695. The molecule has 2 aromatic rings. The van der Waals surface area contributed by atoms with Crippen LogP contribution in [0.25, 0.3) is 0 Å². The number of hydrogen-bond donors (Lipinski definition) is 0. The maximum absolute atomic E-state index is 9.05. The summed E-state index contributed by atoms with van der Waals surface area (Å²) in [4.78, 5) is 8.25. The minimum atomic E-state index is 0.114. The van der Waals surface area contributed by atoms with Gasteiger partial charge in [-0.2, -0.15) is 15.5 Å². The van der Waals surface area contributed by atoms with Gasteiger partial charge in [-0.05, 0) is 12.8 Å². The van der Waals surface area contributed by atoms with E-state index in [0.29, 0.717) is 11.8 Å². The molecular formula is C13H12N6O. The van der Waals surface area contributed by atoms with Crippen LogP contribution in [0.3, 0.4) is 0 Å². The molecule has 100 valence electrons. The van der Waals surface area contributed by atoms with Crippen LogP contribution >= 0.6 is 0 Å². The maximum Gasteiger partial charge on any atom is 0.246 e. The zero-order valence-corrected chi connectivity index (χ0v) is 10.8. The minimum Gasteiger partial charge on any atom is -0.337 e. The molecule has 0 radical (unpaired) electrons. The Balaban J connectivity index is 1.80. The van der Waals surface area contributed by atoms with Gasteiger partial charge in [-0.1, -0.05) is 18.0 Å². The second-order valence-corrected chi connectivity index (χ2v) is 4.82. The van der Waals surface area contributed by atoms with Gasteiger partial charge >= 0.3 is 0 Å². The van der Waals surface area contributed by atoms with E-state index in [4.69, 9.17) is 15.0 Å². The van der Waals surface area contributed by atoms with Gasteiger partial charge in [0.1, 0.15) is 18.7 Å². The van der Waals surface area contributed by atoms with Gasteiger partial charge in [-0.3, -0.25) is 0 Å². The van der Waals surface area contributed by atoms with Crippen molar-refractivity contribution in [2.45, 2.75) is 38.1 Å². The largest absolute Gasteiger partial charge is 0.337 e. The standard InChI is InChI=1S/C13H12N6O/c14-5-10-11(6-15)19(8-16-10)7-12-17-13(18-20-12)9-3-1-2-4-9/h8-9H,1-4,7H2. The first-order valence-corrected chi connectivity index (χ1v) is 6.49. The highest BCUT2D eigenvalue weighted by Crippen LogP contribution is 2.32. The zero-order valence-electron chi connectivity index (χ0n) is 10.8. The molecule has 0 spiro atoms. The lowest BCUT2D eigenvalue weighted by molar-refractivity contribution is 0.362. The Morgan fingerprint density at radius 1 is 1.30 bits per heavy atom.